The zero-order chi connectivity index (χ0) is 5.98. The molecule has 0 aromatic carbocycles. The van der Waals surface area contributed by atoms with E-state index < -0.39 is 0 Å². The Morgan fingerprint density at radius 2 is 2.50 bits per heavy atom. The van der Waals surface area contributed by atoms with Crippen molar-refractivity contribution in [3.63, 3.8) is 0 Å². The van der Waals surface area contributed by atoms with Crippen LogP contribution in [0.3, 0.4) is 0 Å². The van der Waals surface area contributed by atoms with Crippen molar-refractivity contribution in [2.24, 2.45) is 0 Å². The molecule has 0 aromatic heterocycles. The Bertz CT molecular complexity index is 78.8. The van der Waals surface area contributed by atoms with Crippen LogP contribution in [0.4, 0.5) is 0 Å². The van der Waals surface area contributed by atoms with Gasteiger partial charge in [-0.25, -0.2) is 0 Å². The predicted octanol–water partition coefficient (Wildman–Crippen LogP) is 0.294. The monoisotopic (exact) mass is 133 g/mol. The highest BCUT2D eigenvalue weighted by atomic mass is 32.2. The molecule has 2 atom stereocenters. The molecule has 1 heterocycles. The highest BCUT2D eigenvalue weighted by Crippen LogP contribution is 2.21. The van der Waals surface area contributed by atoms with Gasteiger partial charge in [-0.1, -0.05) is 0 Å². The molecule has 0 spiro atoms. The molecule has 1 saturated heterocycles. The fourth-order valence-corrected chi connectivity index (χ4v) is 1.27. The standard InChI is InChI=1S/C5H11NOS/c1-6-5-4(7-5)3-8-2/h4-6H,3H2,1-2H3. The van der Waals surface area contributed by atoms with Crippen LogP contribution in [0.15, 0.2) is 0 Å². The molecule has 1 aliphatic heterocycles. The van der Waals surface area contributed by atoms with Crippen molar-refractivity contribution in [1.29, 1.82) is 0 Å². The number of likely N-dealkylation sites (N-methyl/N-ethyl adjacent to an activating group) is 1. The number of hydrogen-bond donors (Lipinski definition) is 1. The average molecular weight is 133 g/mol. The second-order valence-corrected chi connectivity index (χ2v) is 2.75. The maximum absolute atomic E-state index is 5.17. The Labute approximate surface area is 54.0 Å². The van der Waals surface area contributed by atoms with Crippen LogP contribution in [0.25, 0.3) is 0 Å². The summed E-state index contributed by atoms with van der Waals surface area (Å²) in [7, 11) is 1.92. The topological polar surface area (TPSA) is 24.6 Å². The van der Waals surface area contributed by atoms with Crippen molar-refractivity contribution >= 4 is 11.8 Å². The number of epoxide rings is 1. The van der Waals surface area contributed by atoms with Crippen LogP contribution in [0, 0.1) is 0 Å². The minimum atomic E-state index is 0.349. The second kappa shape index (κ2) is 2.71. The van der Waals surface area contributed by atoms with Crippen LogP contribution in [0.5, 0.6) is 0 Å². The highest BCUT2D eigenvalue weighted by molar-refractivity contribution is 7.98. The molecule has 8 heavy (non-hydrogen) atoms. The van der Waals surface area contributed by atoms with Crippen LogP contribution in [0.2, 0.25) is 0 Å². The average Bonchev–Trinajstić information content (AvgIpc) is 2.48. The van der Waals surface area contributed by atoms with Gasteiger partial charge in [-0.3, -0.25) is 5.32 Å². The summed E-state index contributed by atoms with van der Waals surface area (Å²) in [5.74, 6) is 1.12. The van der Waals surface area contributed by atoms with Gasteiger partial charge in [0, 0.05) is 5.75 Å². The first kappa shape index (κ1) is 6.39. The summed E-state index contributed by atoms with van der Waals surface area (Å²) in [4.78, 5) is 0. The summed E-state index contributed by atoms with van der Waals surface area (Å²) < 4.78 is 5.17. The van der Waals surface area contributed by atoms with Crippen molar-refractivity contribution in [3.05, 3.63) is 0 Å². The highest BCUT2D eigenvalue weighted by Gasteiger charge is 2.36. The maximum Gasteiger partial charge on any atom is 0.135 e. The Kier molecular flexibility index (Phi) is 2.16. The summed E-state index contributed by atoms with van der Waals surface area (Å²) >= 11 is 1.83. The lowest BCUT2D eigenvalue weighted by molar-refractivity contribution is 0.362. The molecule has 1 N–H and O–H groups in total. The molecule has 2 unspecified atom stereocenters. The predicted molar refractivity (Wildman–Crippen MR) is 36.1 cm³/mol. The van der Waals surface area contributed by atoms with E-state index in [0.717, 1.165) is 5.75 Å². The lowest BCUT2D eigenvalue weighted by Crippen LogP contribution is -2.13. The molecule has 1 aliphatic rings. The number of rotatable bonds is 3. The first-order chi connectivity index (χ1) is 3.88. The van der Waals surface area contributed by atoms with Gasteiger partial charge < -0.3 is 4.74 Å². The molecule has 0 amide bonds. The summed E-state index contributed by atoms with van der Waals surface area (Å²) in [6, 6.07) is 0. The normalized spacial score (nSPS) is 35.2. The molecule has 0 radical (unpaired) electrons. The quantitative estimate of drug-likeness (QED) is 0.560. The van der Waals surface area contributed by atoms with Gasteiger partial charge >= 0.3 is 0 Å². The van der Waals surface area contributed by atoms with Crippen molar-refractivity contribution in [2.45, 2.75) is 12.3 Å². The van der Waals surface area contributed by atoms with Gasteiger partial charge in [-0.15, -0.1) is 0 Å². The fraction of sp³-hybridized carbons (Fsp3) is 1.00. The van der Waals surface area contributed by atoms with E-state index in [4.69, 9.17) is 4.74 Å². The van der Waals surface area contributed by atoms with Crippen molar-refractivity contribution in [2.75, 3.05) is 19.1 Å². The van der Waals surface area contributed by atoms with Crippen LogP contribution in [-0.2, 0) is 4.74 Å². The van der Waals surface area contributed by atoms with Crippen LogP contribution >= 0.6 is 11.8 Å². The molecule has 2 nitrogen and oxygen atoms in total. The van der Waals surface area contributed by atoms with Gasteiger partial charge in [0.1, 0.15) is 12.3 Å². The number of ether oxygens (including phenoxy) is 1. The molecule has 0 aromatic rings. The minimum absolute atomic E-state index is 0.349. The fourth-order valence-electron chi connectivity index (χ4n) is 0.688. The van der Waals surface area contributed by atoms with Gasteiger partial charge in [0.05, 0.1) is 0 Å². The third-order valence-corrected chi connectivity index (χ3v) is 1.86. The number of thioether (sulfide) groups is 1. The van der Waals surface area contributed by atoms with Crippen molar-refractivity contribution in [1.82, 2.24) is 5.32 Å². The van der Waals surface area contributed by atoms with E-state index in [2.05, 4.69) is 11.6 Å². The minimum Gasteiger partial charge on any atom is -0.352 e. The van der Waals surface area contributed by atoms with Gasteiger partial charge in [0.2, 0.25) is 0 Å². The van der Waals surface area contributed by atoms with Gasteiger partial charge in [-0.05, 0) is 13.3 Å². The van der Waals surface area contributed by atoms with Gasteiger partial charge in [-0.2, -0.15) is 11.8 Å². The maximum atomic E-state index is 5.17. The first-order valence-corrected chi connectivity index (χ1v) is 4.09. The van der Waals surface area contributed by atoms with E-state index in [1.807, 2.05) is 18.8 Å². The zero-order valence-electron chi connectivity index (χ0n) is 5.18. The summed E-state index contributed by atoms with van der Waals surface area (Å²) in [5.41, 5.74) is 0. The molecule has 3 heteroatoms. The van der Waals surface area contributed by atoms with Crippen LogP contribution in [0.1, 0.15) is 0 Å². The molecule has 0 aliphatic carbocycles. The van der Waals surface area contributed by atoms with Crippen molar-refractivity contribution < 1.29 is 4.74 Å². The summed E-state index contributed by atoms with van der Waals surface area (Å²) in [6.07, 6.45) is 2.92. The second-order valence-electron chi connectivity index (χ2n) is 1.84. The zero-order valence-corrected chi connectivity index (χ0v) is 5.99. The summed E-state index contributed by atoms with van der Waals surface area (Å²) in [5, 5.41) is 3.04. The number of hydrogen-bond acceptors (Lipinski definition) is 3. The molecule has 1 rings (SSSR count). The number of nitrogens with one attached hydrogen (secondary N) is 1. The SMILES string of the molecule is CNC1OC1CSC. The molecule has 1 fully saturated rings. The molecular weight excluding hydrogens is 122 g/mol. The van der Waals surface area contributed by atoms with E-state index in [1.54, 1.807) is 0 Å². The summed E-state index contributed by atoms with van der Waals surface area (Å²) in [6.45, 7) is 0. The Hall–Kier alpha value is 0.270. The first-order valence-electron chi connectivity index (χ1n) is 2.70. The van der Waals surface area contributed by atoms with E-state index in [9.17, 15) is 0 Å². The Morgan fingerprint density at radius 3 is 2.88 bits per heavy atom. The Balaban J connectivity index is 1.99. The lowest BCUT2D eigenvalue weighted by Gasteiger charge is -1.86. The van der Waals surface area contributed by atoms with E-state index in [1.165, 1.54) is 0 Å². The van der Waals surface area contributed by atoms with Crippen LogP contribution in [-0.4, -0.2) is 31.4 Å². The van der Waals surface area contributed by atoms with E-state index in [0.29, 0.717) is 12.3 Å². The van der Waals surface area contributed by atoms with E-state index >= 15 is 0 Å². The van der Waals surface area contributed by atoms with E-state index in [-0.39, 0.29) is 0 Å². The molecule has 48 valence electrons. The van der Waals surface area contributed by atoms with Crippen molar-refractivity contribution in [3.8, 4) is 0 Å². The van der Waals surface area contributed by atoms with Gasteiger partial charge in [0.15, 0.2) is 0 Å². The molecule has 0 bridgehead atoms. The molecular formula is C5H11NOS. The smallest absolute Gasteiger partial charge is 0.135 e. The van der Waals surface area contributed by atoms with Gasteiger partial charge in [0.25, 0.3) is 0 Å². The lowest BCUT2D eigenvalue weighted by atomic mass is 10.5. The Morgan fingerprint density at radius 1 is 1.75 bits per heavy atom. The third kappa shape index (κ3) is 1.37. The van der Waals surface area contributed by atoms with Crippen LogP contribution < -0.4 is 5.32 Å². The third-order valence-electron chi connectivity index (χ3n) is 1.20. The molecule has 0 saturated carbocycles. The largest absolute Gasteiger partial charge is 0.352 e.